The molecule has 0 atom stereocenters. The van der Waals surface area contributed by atoms with Crippen LogP contribution in [0.3, 0.4) is 0 Å². The van der Waals surface area contributed by atoms with Gasteiger partial charge in [-0.2, -0.15) is 5.10 Å². The highest BCUT2D eigenvalue weighted by atomic mass is 35.5. The zero-order valence-electron chi connectivity index (χ0n) is 9.50. The molecule has 0 unspecified atom stereocenters. The quantitative estimate of drug-likeness (QED) is 0.561. The molecule has 0 aliphatic carbocycles. The molecule has 6 heteroatoms. The molecule has 2 aromatic carbocycles. The Morgan fingerprint density at radius 3 is 2.16 bits per heavy atom. The van der Waals surface area contributed by atoms with Gasteiger partial charge in [-0.1, -0.05) is 64.6 Å². The molecule has 0 heterocycles. The summed E-state index contributed by atoms with van der Waals surface area (Å²) in [7, 11) is 0. The fourth-order valence-corrected chi connectivity index (χ4v) is 2.48. The molecule has 0 saturated carbocycles. The zero-order valence-corrected chi connectivity index (χ0v) is 12.5. The number of nitrogens with one attached hydrogen (secondary N) is 1. The third kappa shape index (κ3) is 3.77. The summed E-state index contributed by atoms with van der Waals surface area (Å²) < 4.78 is 0. The highest BCUT2D eigenvalue weighted by molar-refractivity contribution is 6.41. The van der Waals surface area contributed by atoms with E-state index < -0.39 is 0 Å². The molecule has 0 amide bonds. The van der Waals surface area contributed by atoms with Crippen molar-refractivity contribution in [1.82, 2.24) is 0 Å². The average Bonchev–Trinajstić information content (AvgIpc) is 2.34. The molecule has 0 bridgehead atoms. The van der Waals surface area contributed by atoms with Crippen LogP contribution >= 0.6 is 46.4 Å². The maximum Gasteiger partial charge on any atom is 0.0935 e. The van der Waals surface area contributed by atoms with Crippen molar-refractivity contribution in [2.45, 2.75) is 0 Å². The smallest absolute Gasteiger partial charge is 0.0935 e. The van der Waals surface area contributed by atoms with Gasteiger partial charge in [-0.15, -0.1) is 0 Å². The number of hydrogen-bond acceptors (Lipinski definition) is 2. The van der Waals surface area contributed by atoms with Crippen LogP contribution in [0.25, 0.3) is 0 Å². The molecule has 0 aliphatic rings. The van der Waals surface area contributed by atoms with Gasteiger partial charge in [0, 0.05) is 15.6 Å². The van der Waals surface area contributed by atoms with Crippen LogP contribution in [0, 0.1) is 0 Å². The van der Waals surface area contributed by atoms with Gasteiger partial charge in [0.2, 0.25) is 0 Å². The number of hydrazone groups is 1. The lowest BCUT2D eigenvalue weighted by molar-refractivity contribution is 1.35. The molecule has 0 aromatic heterocycles. The van der Waals surface area contributed by atoms with Gasteiger partial charge in [-0.3, -0.25) is 5.43 Å². The molecule has 0 radical (unpaired) electrons. The van der Waals surface area contributed by atoms with Gasteiger partial charge in [0.25, 0.3) is 0 Å². The van der Waals surface area contributed by atoms with Crippen molar-refractivity contribution in [2.75, 3.05) is 5.43 Å². The molecule has 2 rings (SSSR count). The molecule has 0 saturated heterocycles. The van der Waals surface area contributed by atoms with E-state index in [1.54, 1.807) is 24.4 Å². The molecular weight excluding hydrogens is 326 g/mol. The second-order valence-electron chi connectivity index (χ2n) is 3.64. The Hall–Kier alpha value is -0.930. The van der Waals surface area contributed by atoms with Gasteiger partial charge in [-0.05, 0) is 18.2 Å². The first-order valence-electron chi connectivity index (χ1n) is 5.26. The van der Waals surface area contributed by atoms with E-state index in [1.807, 2.05) is 18.2 Å². The number of hydrogen-bond donors (Lipinski definition) is 1. The third-order valence-electron chi connectivity index (χ3n) is 2.29. The maximum atomic E-state index is 6.02. The normalized spacial score (nSPS) is 10.9. The minimum atomic E-state index is 0.397. The van der Waals surface area contributed by atoms with Gasteiger partial charge in [0.15, 0.2) is 0 Å². The minimum Gasteiger partial charge on any atom is -0.275 e. The van der Waals surface area contributed by atoms with Crippen LogP contribution in [0.1, 0.15) is 5.56 Å². The van der Waals surface area contributed by atoms with Crippen molar-refractivity contribution in [2.24, 2.45) is 5.10 Å². The highest BCUT2D eigenvalue weighted by Crippen LogP contribution is 2.33. The summed E-state index contributed by atoms with van der Waals surface area (Å²) >= 11 is 23.9. The van der Waals surface area contributed by atoms with Crippen LogP contribution in [-0.4, -0.2) is 6.21 Å². The molecule has 2 nitrogen and oxygen atoms in total. The van der Waals surface area contributed by atoms with E-state index in [0.29, 0.717) is 25.8 Å². The maximum absolute atomic E-state index is 6.02. The second kappa shape index (κ2) is 6.49. The largest absolute Gasteiger partial charge is 0.275 e. The Bertz CT molecular complexity index is 603. The predicted molar refractivity (Wildman–Crippen MR) is 84.1 cm³/mol. The number of anilines is 1. The molecule has 1 N–H and O–H groups in total. The van der Waals surface area contributed by atoms with Crippen molar-refractivity contribution < 1.29 is 0 Å². The van der Waals surface area contributed by atoms with E-state index >= 15 is 0 Å². The molecule has 0 fully saturated rings. The van der Waals surface area contributed by atoms with E-state index in [2.05, 4.69) is 10.5 Å². The summed E-state index contributed by atoms with van der Waals surface area (Å²) in [5.41, 5.74) is 4.06. The first kappa shape index (κ1) is 14.5. The van der Waals surface area contributed by atoms with E-state index in [4.69, 9.17) is 46.4 Å². The summed E-state index contributed by atoms with van der Waals surface area (Å²) in [6.07, 6.45) is 1.59. The monoisotopic (exact) mass is 332 g/mol. The first-order valence-corrected chi connectivity index (χ1v) is 6.77. The fraction of sp³-hybridized carbons (Fsp3) is 0. The number of halogens is 4. The number of benzene rings is 2. The Morgan fingerprint density at radius 1 is 0.895 bits per heavy atom. The van der Waals surface area contributed by atoms with Gasteiger partial charge >= 0.3 is 0 Å². The highest BCUT2D eigenvalue weighted by Gasteiger charge is 2.06. The lowest BCUT2D eigenvalue weighted by Crippen LogP contribution is -1.93. The molecule has 0 aliphatic heterocycles. The number of rotatable bonds is 3. The summed E-state index contributed by atoms with van der Waals surface area (Å²) in [4.78, 5) is 0. The van der Waals surface area contributed by atoms with Crippen LogP contribution in [-0.2, 0) is 0 Å². The molecule has 2 aromatic rings. The lowest BCUT2D eigenvalue weighted by Gasteiger charge is -2.06. The average molecular weight is 334 g/mol. The molecule has 0 spiro atoms. The van der Waals surface area contributed by atoms with Crippen molar-refractivity contribution in [3.63, 3.8) is 0 Å². The third-order valence-corrected chi connectivity index (χ3v) is 3.45. The summed E-state index contributed by atoms with van der Waals surface area (Å²) in [5.74, 6) is 0. The van der Waals surface area contributed by atoms with E-state index in [-0.39, 0.29) is 0 Å². The Labute approximate surface area is 130 Å². The van der Waals surface area contributed by atoms with Gasteiger partial charge < -0.3 is 0 Å². The topological polar surface area (TPSA) is 24.4 Å². The first-order chi connectivity index (χ1) is 9.08. The predicted octanol–water partition coefficient (Wildman–Crippen LogP) is 5.75. The summed E-state index contributed by atoms with van der Waals surface area (Å²) in [6, 6.07) is 10.5. The van der Waals surface area contributed by atoms with E-state index in [0.717, 1.165) is 5.56 Å². The van der Waals surface area contributed by atoms with Gasteiger partial charge in [0.1, 0.15) is 0 Å². The standard InChI is InChI=1S/C13H8Cl4N2/c14-9-5-11(16)13(12(17)6-9)19-18-7-8-3-1-2-4-10(8)15/h1-7,19H/b18-7-. The van der Waals surface area contributed by atoms with Gasteiger partial charge in [0.05, 0.1) is 21.9 Å². The van der Waals surface area contributed by atoms with E-state index in [1.165, 1.54) is 0 Å². The van der Waals surface area contributed by atoms with Crippen LogP contribution in [0.2, 0.25) is 20.1 Å². The Balaban J connectivity index is 2.18. The van der Waals surface area contributed by atoms with E-state index in [9.17, 15) is 0 Å². The lowest BCUT2D eigenvalue weighted by atomic mass is 10.2. The Kier molecular flexibility index (Phi) is 4.94. The fourth-order valence-electron chi connectivity index (χ4n) is 1.40. The summed E-state index contributed by atoms with van der Waals surface area (Å²) in [5, 5.41) is 5.93. The second-order valence-corrected chi connectivity index (χ2v) is 5.29. The summed E-state index contributed by atoms with van der Waals surface area (Å²) in [6.45, 7) is 0. The van der Waals surface area contributed by atoms with Crippen molar-refractivity contribution >= 4 is 58.3 Å². The zero-order chi connectivity index (χ0) is 13.8. The van der Waals surface area contributed by atoms with Gasteiger partial charge in [-0.25, -0.2) is 0 Å². The van der Waals surface area contributed by atoms with Crippen molar-refractivity contribution in [3.05, 3.63) is 62.1 Å². The number of nitrogens with zero attached hydrogens (tertiary/aromatic N) is 1. The molecule has 19 heavy (non-hydrogen) atoms. The SMILES string of the molecule is Clc1cc(Cl)c(N/N=C\c2ccccc2Cl)c(Cl)c1. The van der Waals surface area contributed by atoms with Crippen LogP contribution in [0.4, 0.5) is 5.69 Å². The molecule has 98 valence electrons. The van der Waals surface area contributed by atoms with Crippen molar-refractivity contribution in [1.29, 1.82) is 0 Å². The Morgan fingerprint density at radius 2 is 1.53 bits per heavy atom. The minimum absolute atomic E-state index is 0.397. The van der Waals surface area contributed by atoms with Crippen LogP contribution in [0.15, 0.2) is 41.5 Å². The van der Waals surface area contributed by atoms with Crippen LogP contribution < -0.4 is 5.43 Å². The van der Waals surface area contributed by atoms with Crippen LogP contribution in [0.5, 0.6) is 0 Å². The molecular formula is C13H8Cl4N2. The van der Waals surface area contributed by atoms with Crippen molar-refractivity contribution in [3.8, 4) is 0 Å².